The number of nitrogens with one attached hydrogen (secondary N) is 1. The molecule has 3 aromatic rings. The lowest BCUT2D eigenvalue weighted by Gasteiger charge is -2.19. The fourth-order valence-electron chi connectivity index (χ4n) is 3.62. The van der Waals surface area contributed by atoms with E-state index in [4.69, 9.17) is 4.98 Å². The molecule has 1 aliphatic rings. The summed E-state index contributed by atoms with van der Waals surface area (Å²) < 4.78 is 2.24. The molecule has 2 aromatic heterocycles. The Balaban J connectivity index is 1.54. The van der Waals surface area contributed by atoms with Crippen LogP contribution in [-0.4, -0.2) is 38.6 Å². The Bertz CT molecular complexity index is 905. The van der Waals surface area contributed by atoms with E-state index in [2.05, 4.69) is 21.8 Å². The highest BCUT2D eigenvalue weighted by molar-refractivity contribution is 5.89. The lowest BCUT2D eigenvalue weighted by Crippen LogP contribution is -2.33. The minimum Gasteiger partial charge on any atom is -0.322 e. The highest BCUT2D eigenvalue weighted by atomic mass is 16.2. The van der Waals surface area contributed by atoms with Crippen molar-refractivity contribution < 1.29 is 4.79 Å². The van der Waals surface area contributed by atoms with E-state index in [0.29, 0.717) is 6.54 Å². The number of fused-ring (bicyclic) bond motifs is 1. The number of benzene rings is 1. The molecule has 0 aliphatic carbocycles. The molecule has 0 radical (unpaired) electrons. The van der Waals surface area contributed by atoms with Crippen molar-refractivity contribution in [1.29, 1.82) is 0 Å². The number of pyridine rings is 1. The highest BCUT2D eigenvalue weighted by Gasteiger charge is 2.30. The van der Waals surface area contributed by atoms with Gasteiger partial charge in [-0.3, -0.25) is 0 Å². The Morgan fingerprint density at radius 1 is 1.23 bits per heavy atom. The fourth-order valence-corrected chi connectivity index (χ4v) is 3.62. The van der Waals surface area contributed by atoms with E-state index >= 15 is 0 Å². The third kappa shape index (κ3) is 3.14. The van der Waals surface area contributed by atoms with E-state index in [1.54, 1.807) is 0 Å². The standard InChI is InChI=1S/C20H23N5O/c1-2-7-18-23-17-10-6-12-21-19(17)25(18)16-11-13-24(14-16)20(26)22-15-8-4-3-5-9-15/h3-6,8-10,12,16H,2,7,11,13-14H2,1H3,(H,22,26). The Labute approximate surface area is 152 Å². The summed E-state index contributed by atoms with van der Waals surface area (Å²) in [5.74, 6) is 1.07. The van der Waals surface area contributed by atoms with E-state index in [0.717, 1.165) is 48.5 Å². The number of hydrogen-bond acceptors (Lipinski definition) is 3. The van der Waals surface area contributed by atoms with Gasteiger partial charge >= 0.3 is 6.03 Å². The minimum atomic E-state index is -0.0480. The van der Waals surface area contributed by atoms with Crippen LogP contribution in [0.4, 0.5) is 10.5 Å². The molecule has 2 amide bonds. The van der Waals surface area contributed by atoms with Crippen molar-refractivity contribution in [3.05, 3.63) is 54.5 Å². The third-order valence-corrected chi connectivity index (χ3v) is 4.84. The molecule has 1 aliphatic heterocycles. The summed E-state index contributed by atoms with van der Waals surface area (Å²) in [7, 11) is 0. The van der Waals surface area contributed by atoms with E-state index in [-0.39, 0.29) is 12.1 Å². The number of rotatable bonds is 4. The van der Waals surface area contributed by atoms with Crippen LogP contribution in [0, 0.1) is 0 Å². The van der Waals surface area contributed by atoms with Crippen molar-refractivity contribution in [3.63, 3.8) is 0 Å². The second kappa shape index (κ2) is 7.15. The van der Waals surface area contributed by atoms with Crippen LogP contribution in [0.15, 0.2) is 48.7 Å². The van der Waals surface area contributed by atoms with Crippen LogP contribution in [0.5, 0.6) is 0 Å². The maximum atomic E-state index is 12.6. The van der Waals surface area contributed by atoms with Gasteiger partial charge < -0.3 is 14.8 Å². The molecule has 1 saturated heterocycles. The van der Waals surface area contributed by atoms with Gasteiger partial charge in [0.1, 0.15) is 11.3 Å². The summed E-state index contributed by atoms with van der Waals surface area (Å²) in [6.07, 6.45) is 4.68. The summed E-state index contributed by atoms with van der Waals surface area (Å²) in [4.78, 5) is 23.8. The minimum absolute atomic E-state index is 0.0480. The largest absolute Gasteiger partial charge is 0.322 e. The van der Waals surface area contributed by atoms with Gasteiger partial charge in [0, 0.05) is 31.4 Å². The topological polar surface area (TPSA) is 63.1 Å². The average Bonchev–Trinajstić information content (AvgIpc) is 3.27. The number of para-hydroxylation sites is 1. The van der Waals surface area contributed by atoms with E-state index in [9.17, 15) is 4.79 Å². The van der Waals surface area contributed by atoms with Gasteiger partial charge in [0.05, 0.1) is 6.04 Å². The van der Waals surface area contributed by atoms with Crippen LogP contribution in [0.3, 0.4) is 0 Å². The van der Waals surface area contributed by atoms with Crippen LogP contribution >= 0.6 is 0 Å². The molecule has 3 heterocycles. The normalized spacial score (nSPS) is 17.0. The Morgan fingerprint density at radius 2 is 2.08 bits per heavy atom. The molecule has 1 fully saturated rings. The smallest absolute Gasteiger partial charge is 0.321 e. The third-order valence-electron chi connectivity index (χ3n) is 4.84. The van der Waals surface area contributed by atoms with Crippen molar-refractivity contribution in [3.8, 4) is 0 Å². The first-order chi connectivity index (χ1) is 12.8. The van der Waals surface area contributed by atoms with Crippen LogP contribution in [0.2, 0.25) is 0 Å². The molecular weight excluding hydrogens is 326 g/mol. The number of likely N-dealkylation sites (tertiary alicyclic amines) is 1. The second-order valence-electron chi connectivity index (χ2n) is 6.68. The molecule has 4 rings (SSSR count). The van der Waals surface area contributed by atoms with Crippen LogP contribution in [0.1, 0.15) is 31.6 Å². The van der Waals surface area contributed by atoms with Gasteiger partial charge in [0.15, 0.2) is 5.65 Å². The number of carbonyl (C=O) groups is 1. The van der Waals surface area contributed by atoms with Crippen molar-refractivity contribution in [2.24, 2.45) is 0 Å². The molecule has 0 spiro atoms. The van der Waals surface area contributed by atoms with Gasteiger partial charge in [0.25, 0.3) is 0 Å². The summed E-state index contributed by atoms with van der Waals surface area (Å²) in [6, 6.07) is 13.7. The van der Waals surface area contributed by atoms with Gasteiger partial charge in [-0.25, -0.2) is 14.8 Å². The van der Waals surface area contributed by atoms with Crippen molar-refractivity contribution in [2.45, 2.75) is 32.2 Å². The van der Waals surface area contributed by atoms with Gasteiger partial charge in [-0.15, -0.1) is 0 Å². The maximum Gasteiger partial charge on any atom is 0.321 e. The number of anilines is 1. The van der Waals surface area contributed by atoms with Crippen LogP contribution in [-0.2, 0) is 6.42 Å². The number of aromatic nitrogens is 3. The quantitative estimate of drug-likeness (QED) is 0.778. The second-order valence-corrected chi connectivity index (χ2v) is 6.68. The van der Waals surface area contributed by atoms with Gasteiger partial charge in [-0.2, -0.15) is 0 Å². The van der Waals surface area contributed by atoms with Crippen molar-refractivity contribution in [2.75, 3.05) is 18.4 Å². The predicted octanol–water partition coefficient (Wildman–Crippen LogP) is 3.86. The maximum absolute atomic E-state index is 12.6. The molecule has 26 heavy (non-hydrogen) atoms. The summed E-state index contributed by atoms with van der Waals surface area (Å²) in [5, 5.41) is 2.97. The zero-order valence-electron chi connectivity index (χ0n) is 14.9. The summed E-state index contributed by atoms with van der Waals surface area (Å²) in [6.45, 7) is 3.57. The summed E-state index contributed by atoms with van der Waals surface area (Å²) >= 11 is 0. The molecule has 0 saturated carbocycles. The fraction of sp³-hybridized carbons (Fsp3) is 0.350. The zero-order valence-corrected chi connectivity index (χ0v) is 14.9. The highest BCUT2D eigenvalue weighted by Crippen LogP contribution is 2.28. The number of nitrogens with zero attached hydrogens (tertiary/aromatic N) is 4. The molecule has 0 bridgehead atoms. The van der Waals surface area contributed by atoms with E-state index in [1.165, 1.54) is 0 Å². The van der Waals surface area contributed by atoms with Gasteiger partial charge in [-0.1, -0.05) is 25.1 Å². The van der Waals surface area contributed by atoms with Crippen molar-refractivity contribution >= 4 is 22.9 Å². The molecule has 1 unspecified atom stereocenters. The molecule has 6 heteroatoms. The molecule has 6 nitrogen and oxygen atoms in total. The van der Waals surface area contributed by atoms with Crippen LogP contribution < -0.4 is 5.32 Å². The molecule has 1 aromatic carbocycles. The number of imidazole rings is 1. The van der Waals surface area contributed by atoms with Gasteiger partial charge in [-0.05, 0) is 37.1 Å². The lowest BCUT2D eigenvalue weighted by molar-refractivity contribution is 0.221. The SMILES string of the molecule is CCCc1nc2cccnc2n1C1CCN(C(=O)Nc2ccccc2)C1. The molecular formula is C20H23N5O. The first kappa shape index (κ1) is 16.6. The number of aryl methyl sites for hydroxylation is 1. The zero-order chi connectivity index (χ0) is 17.9. The number of hydrogen-bond donors (Lipinski definition) is 1. The Hall–Kier alpha value is -2.89. The average molecular weight is 349 g/mol. The molecule has 134 valence electrons. The van der Waals surface area contributed by atoms with Crippen molar-refractivity contribution in [1.82, 2.24) is 19.4 Å². The first-order valence-electron chi connectivity index (χ1n) is 9.19. The van der Waals surface area contributed by atoms with E-state index in [1.807, 2.05) is 53.6 Å². The van der Waals surface area contributed by atoms with E-state index < -0.39 is 0 Å². The lowest BCUT2D eigenvalue weighted by atomic mass is 10.2. The number of amides is 2. The monoisotopic (exact) mass is 349 g/mol. The van der Waals surface area contributed by atoms with Crippen LogP contribution in [0.25, 0.3) is 11.2 Å². The Kier molecular flexibility index (Phi) is 4.56. The van der Waals surface area contributed by atoms with Gasteiger partial charge in [0.2, 0.25) is 0 Å². The number of carbonyl (C=O) groups excluding carboxylic acids is 1. The number of urea groups is 1. The first-order valence-corrected chi connectivity index (χ1v) is 9.19. The molecule has 1 atom stereocenters. The predicted molar refractivity (Wildman–Crippen MR) is 102 cm³/mol. The molecule has 1 N–H and O–H groups in total. The Morgan fingerprint density at radius 3 is 2.88 bits per heavy atom. The summed E-state index contributed by atoms with van der Waals surface area (Å²) in [5.41, 5.74) is 2.68.